The van der Waals surface area contributed by atoms with Gasteiger partial charge in [0.25, 0.3) is 0 Å². The minimum atomic E-state index is -0.375. The molecule has 148 valence electrons. The monoisotopic (exact) mass is 368 g/mol. The van der Waals surface area contributed by atoms with E-state index in [1.807, 2.05) is 0 Å². The van der Waals surface area contributed by atoms with Gasteiger partial charge < -0.3 is 10.1 Å². The average Bonchev–Trinajstić information content (AvgIpc) is 2.54. The molecule has 5 unspecified atom stereocenters. The van der Waals surface area contributed by atoms with Gasteiger partial charge in [-0.1, -0.05) is 18.7 Å². The minimum absolute atomic E-state index is 0.142. The molecule has 3 rings (SSSR count). The Balaban J connectivity index is 1.71. The maximum atomic E-state index is 12.0. The lowest BCUT2D eigenvalue weighted by Gasteiger charge is -2.53. The van der Waals surface area contributed by atoms with Crippen LogP contribution in [0.4, 0.5) is 0 Å². The molecule has 26 heavy (non-hydrogen) atoms. The second-order valence-electron chi connectivity index (χ2n) is 8.01. The van der Waals surface area contributed by atoms with Gasteiger partial charge in [0.1, 0.15) is 0 Å². The highest BCUT2D eigenvalue weighted by molar-refractivity contribution is 5.87. The van der Waals surface area contributed by atoms with E-state index >= 15 is 0 Å². The number of ether oxygens (including phenoxy) is 1. The van der Waals surface area contributed by atoms with Crippen LogP contribution in [-0.4, -0.2) is 94.4 Å². The molecule has 8 nitrogen and oxygen atoms in total. The molecule has 1 aliphatic carbocycles. The lowest BCUT2D eigenvalue weighted by atomic mass is 9.77. The first-order valence-electron chi connectivity index (χ1n) is 9.58. The lowest BCUT2D eigenvalue weighted by Crippen LogP contribution is -2.67. The zero-order chi connectivity index (χ0) is 18.8. The Bertz CT molecular complexity index is 513. The van der Waals surface area contributed by atoms with Crippen molar-refractivity contribution < 1.29 is 19.9 Å². The summed E-state index contributed by atoms with van der Waals surface area (Å²) in [5.74, 6) is 0.0138. The Morgan fingerprint density at radius 3 is 2.54 bits per heavy atom. The van der Waals surface area contributed by atoms with E-state index in [1.165, 1.54) is 6.08 Å². The van der Waals surface area contributed by atoms with Crippen LogP contribution in [0.1, 0.15) is 26.7 Å². The molecule has 0 aromatic carbocycles. The van der Waals surface area contributed by atoms with Crippen molar-refractivity contribution in [3.05, 3.63) is 12.7 Å². The van der Waals surface area contributed by atoms with Crippen LogP contribution in [0.2, 0.25) is 0 Å². The minimum Gasteiger partial charge on any atom is -0.378 e. The predicted octanol–water partition coefficient (Wildman–Crippen LogP) is 0.310. The van der Waals surface area contributed by atoms with E-state index < -0.39 is 0 Å². The number of carbonyl (C=O) groups excluding carboxylic acids is 1. The van der Waals surface area contributed by atoms with Gasteiger partial charge in [0.05, 0.1) is 25.3 Å². The third-order valence-electron chi connectivity index (χ3n) is 6.23. The molecule has 5 atom stereocenters. The number of hydrogen-bond donors (Lipinski definition) is 3. The van der Waals surface area contributed by atoms with Crippen LogP contribution in [0.15, 0.2) is 12.7 Å². The molecule has 0 bridgehead atoms. The molecule has 0 aromatic heterocycles. The van der Waals surface area contributed by atoms with Crippen molar-refractivity contribution in [1.29, 1.82) is 0 Å². The van der Waals surface area contributed by atoms with Crippen LogP contribution in [0, 0.1) is 5.92 Å². The smallest absolute Gasteiger partial charge is 0.243 e. The van der Waals surface area contributed by atoms with Gasteiger partial charge in [-0.3, -0.25) is 25.0 Å². The molecule has 1 amide bonds. The Hall–Kier alpha value is -1.03. The largest absolute Gasteiger partial charge is 0.378 e. The summed E-state index contributed by atoms with van der Waals surface area (Å²) in [5, 5.41) is 22.3. The second kappa shape index (κ2) is 8.33. The van der Waals surface area contributed by atoms with Crippen molar-refractivity contribution in [1.82, 2.24) is 20.3 Å². The molecule has 0 radical (unpaired) electrons. The van der Waals surface area contributed by atoms with Crippen molar-refractivity contribution >= 4 is 5.91 Å². The van der Waals surface area contributed by atoms with E-state index in [0.717, 1.165) is 32.8 Å². The molecule has 2 aliphatic heterocycles. The number of hydroxylamine groups is 2. The van der Waals surface area contributed by atoms with Gasteiger partial charge in [-0.25, -0.2) is 0 Å². The Labute approximate surface area is 155 Å². The lowest BCUT2D eigenvalue weighted by molar-refractivity contribution is -0.339. The van der Waals surface area contributed by atoms with Crippen LogP contribution < -0.4 is 5.32 Å². The summed E-state index contributed by atoms with van der Waals surface area (Å²) in [4.78, 5) is 16.9. The van der Waals surface area contributed by atoms with Gasteiger partial charge in [0.2, 0.25) is 5.91 Å². The third kappa shape index (κ3) is 4.11. The number of rotatable bonds is 5. The van der Waals surface area contributed by atoms with Gasteiger partial charge in [0, 0.05) is 37.8 Å². The van der Waals surface area contributed by atoms with E-state index in [4.69, 9.17) is 4.74 Å². The van der Waals surface area contributed by atoms with Gasteiger partial charge in [0.15, 0.2) is 0 Å². The number of piperazine rings is 1. The standard InChI is InChI=1S/C18H32N4O4/c1-4-17(23)19-16-8-14(22(24)25)7-12(2)18(16)21-6-5-20(9-13(21)3)15-10-26-11-15/h4,12-16,18,24-25H,1,5-11H2,2-3H3,(H,19,23). The van der Waals surface area contributed by atoms with E-state index in [2.05, 4.69) is 35.5 Å². The zero-order valence-electron chi connectivity index (χ0n) is 15.8. The molecule has 0 aromatic rings. The van der Waals surface area contributed by atoms with Gasteiger partial charge in [-0.05, 0) is 31.8 Å². The number of nitrogens with zero attached hydrogens (tertiary/aromatic N) is 3. The summed E-state index contributed by atoms with van der Waals surface area (Å²) in [7, 11) is 0. The summed E-state index contributed by atoms with van der Waals surface area (Å²) in [6, 6.07) is 0.569. The fourth-order valence-corrected chi connectivity index (χ4v) is 4.83. The van der Waals surface area contributed by atoms with Crippen molar-refractivity contribution in [2.45, 2.75) is 56.9 Å². The van der Waals surface area contributed by atoms with Gasteiger partial charge >= 0.3 is 0 Å². The van der Waals surface area contributed by atoms with Gasteiger partial charge in [-0.2, -0.15) is 0 Å². The zero-order valence-corrected chi connectivity index (χ0v) is 15.8. The topological polar surface area (TPSA) is 88.5 Å². The van der Waals surface area contributed by atoms with Crippen LogP contribution >= 0.6 is 0 Å². The van der Waals surface area contributed by atoms with Gasteiger partial charge in [-0.15, -0.1) is 0 Å². The number of amides is 1. The van der Waals surface area contributed by atoms with E-state index in [-0.39, 0.29) is 30.0 Å². The highest BCUT2D eigenvalue weighted by Gasteiger charge is 2.44. The van der Waals surface area contributed by atoms with Crippen molar-refractivity contribution in [2.24, 2.45) is 5.92 Å². The molecule has 0 spiro atoms. The van der Waals surface area contributed by atoms with E-state index in [1.54, 1.807) is 0 Å². The first-order valence-corrected chi connectivity index (χ1v) is 9.58. The summed E-state index contributed by atoms with van der Waals surface area (Å²) < 4.78 is 5.33. The first kappa shape index (κ1) is 19.7. The van der Waals surface area contributed by atoms with Crippen molar-refractivity contribution in [3.8, 4) is 0 Å². The first-order chi connectivity index (χ1) is 12.4. The summed E-state index contributed by atoms with van der Waals surface area (Å²) in [6.45, 7) is 12.5. The van der Waals surface area contributed by atoms with Crippen LogP contribution in [-0.2, 0) is 9.53 Å². The molecule has 1 saturated carbocycles. The number of nitrogens with one attached hydrogen (secondary N) is 1. The molecule has 3 fully saturated rings. The maximum Gasteiger partial charge on any atom is 0.243 e. The van der Waals surface area contributed by atoms with E-state index in [9.17, 15) is 15.2 Å². The normalized spacial score (nSPS) is 37.3. The SMILES string of the molecule is C=CC(=O)NC1CC(N(O)O)CC(C)C1N1CCN(C2COC2)CC1C. The molecule has 8 heteroatoms. The average molecular weight is 368 g/mol. The molecular formula is C18H32N4O4. The van der Waals surface area contributed by atoms with E-state index in [0.29, 0.717) is 30.2 Å². The highest BCUT2D eigenvalue weighted by atomic mass is 16.8. The Morgan fingerprint density at radius 2 is 2.00 bits per heavy atom. The number of carbonyl (C=O) groups is 1. The maximum absolute atomic E-state index is 12.0. The Kier molecular flexibility index (Phi) is 6.32. The molecule has 3 N–H and O–H groups in total. The fourth-order valence-electron chi connectivity index (χ4n) is 4.83. The number of hydrogen-bond acceptors (Lipinski definition) is 7. The molecular weight excluding hydrogens is 336 g/mol. The van der Waals surface area contributed by atoms with Crippen LogP contribution in [0.25, 0.3) is 0 Å². The summed E-state index contributed by atoms with van der Waals surface area (Å²) >= 11 is 0. The molecule has 2 heterocycles. The third-order valence-corrected chi connectivity index (χ3v) is 6.23. The fraction of sp³-hybridized carbons (Fsp3) is 0.833. The summed E-state index contributed by atoms with van der Waals surface area (Å²) in [5.41, 5.74) is 0. The van der Waals surface area contributed by atoms with Crippen LogP contribution in [0.3, 0.4) is 0 Å². The van der Waals surface area contributed by atoms with Crippen molar-refractivity contribution in [3.63, 3.8) is 0 Å². The molecule has 2 saturated heterocycles. The molecule has 3 aliphatic rings. The highest BCUT2D eigenvalue weighted by Crippen LogP contribution is 2.33. The quantitative estimate of drug-likeness (QED) is 0.475. The Morgan fingerprint density at radius 1 is 1.27 bits per heavy atom. The van der Waals surface area contributed by atoms with Crippen LogP contribution in [0.5, 0.6) is 0 Å². The van der Waals surface area contributed by atoms with Crippen molar-refractivity contribution in [2.75, 3.05) is 32.8 Å². The predicted molar refractivity (Wildman–Crippen MR) is 95.9 cm³/mol. The summed E-state index contributed by atoms with van der Waals surface area (Å²) in [6.07, 6.45) is 2.46. The second-order valence-corrected chi connectivity index (χ2v) is 8.01.